The average Bonchev–Trinajstić information content (AvgIpc) is 3.95. The van der Waals surface area contributed by atoms with Gasteiger partial charge in [0.2, 0.25) is 41.4 Å². The van der Waals surface area contributed by atoms with Crippen molar-refractivity contribution in [2.45, 2.75) is 203 Å². The first-order chi connectivity index (χ1) is 35.0. The minimum Gasteiger partial charge on any atom is -0.508 e. The van der Waals surface area contributed by atoms with E-state index in [9.17, 15) is 79.5 Å². The van der Waals surface area contributed by atoms with Crippen LogP contribution in [0.5, 0.6) is 5.75 Å². The number of nitrogens with zero attached hydrogens (tertiary/aromatic N) is 2. The van der Waals surface area contributed by atoms with Gasteiger partial charge in [0.25, 0.3) is 0 Å². The molecule has 16 N–H and O–H groups in total. The van der Waals surface area contributed by atoms with E-state index in [0.29, 0.717) is 24.7 Å². The van der Waals surface area contributed by atoms with Crippen molar-refractivity contribution in [2.24, 2.45) is 17.6 Å². The van der Waals surface area contributed by atoms with Crippen molar-refractivity contribution in [1.29, 1.82) is 0 Å². The summed E-state index contributed by atoms with van der Waals surface area (Å²) in [6, 6.07) is -6.71. The van der Waals surface area contributed by atoms with Crippen LogP contribution in [-0.2, 0) is 33.6 Å². The summed E-state index contributed by atoms with van der Waals surface area (Å²) in [6.07, 6.45) is -8.51. The Morgan fingerprint density at radius 3 is 1.96 bits per heavy atom. The summed E-state index contributed by atoms with van der Waals surface area (Å²) in [6.45, 7) is 6.67. The molecule has 74 heavy (non-hydrogen) atoms. The molecule has 0 aliphatic carbocycles. The highest BCUT2D eigenvalue weighted by Gasteiger charge is 2.49. The number of carbonyl (C=O) groups excluding carboxylic acids is 7. The van der Waals surface area contributed by atoms with Crippen LogP contribution in [0.1, 0.15) is 129 Å². The topological polar surface area (TPSA) is 394 Å². The third-order valence-electron chi connectivity index (χ3n) is 14.4. The number of phenolic OH excluding ortho intramolecular Hbond substituents is 1. The number of nitrogens with two attached hydrogens (primary N) is 1. The molecule has 418 valence electrons. The molecule has 7 amide bonds. The summed E-state index contributed by atoms with van der Waals surface area (Å²) < 4.78 is 0. The van der Waals surface area contributed by atoms with Crippen LogP contribution in [0, 0.1) is 11.8 Å². The largest absolute Gasteiger partial charge is 0.508 e. The zero-order valence-electron chi connectivity index (χ0n) is 42.9. The molecule has 1 aromatic rings. The van der Waals surface area contributed by atoms with Gasteiger partial charge in [-0.2, -0.15) is 0 Å². The van der Waals surface area contributed by atoms with Crippen LogP contribution in [-0.4, -0.2) is 196 Å². The summed E-state index contributed by atoms with van der Waals surface area (Å²) in [4.78, 5) is 100. The first kappa shape index (κ1) is 61.5. The fraction of sp³-hybridized carbons (Fsp3) is 0.740. The van der Waals surface area contributed by atoms with Gasteiger partial charge in [0.05, 0.1) is 24.4 Å². The molecule has 3 saturated heterocycles. The Bertz CT molecular complexity index is 2020. The summed E-state index contributed by atoms with van der Waals surface area (Å²) in [7, 11) is 0. The first-order valence-electron chi connectivity index (χ1n) is 26.0. The second kappa shape index (κ2) is 29.3. The molecule has 24 heteroatoms. The summed E-state index contributed by atoms with van der Waals surface area (Å²) in [5.41, 5.74) is 5.63. The van der Waals surface area contributed by atoms with E-state index in [1.807, 2.05) is 0 Å². The van der Waals surface area contributed by atoms with Crippen LogP contribution < -0.4 is 32.3 Å². The Kier molecular flexibility index (Phi) is 24.4. The highest BCUT2D eigenvalue weighted by Crippen LogP contribution is 2.27. The molecule has 0 spiro atoms. The number of aromatic hydroxyl groups is 1. The molecule has 3 fully saturated rings. The number of carbonyl (C=O) groups is 7. The number of unbranched alkanes of at least 4 members (excludes halogenated alkanes) is 5. The van der Waals surface area contributed by atoms with Crippen LogP contribution >= 0.6 is 0 Å². The Morgan fingerprint density at radius 1 is 0.716 bits per heavy atom. The molecule has 0 aromatic heterocycles. The van der Waals surface area contributed by atoms with Gasteiger partial charge in [-0.25, -0.2) is 0 Å². The van der Waals surface area contributed by atoms with E-state index in [4.69, 9.17) is 5.73 Å². The first-order valence-corrected chi connectivity index (χ1v) is 26.0. The average molecular weight is 1050 g/mol. The van der Waals surface area contributed by atoms with Crippen LogP contribution in [0.2, 0.25) is 0 Å². The number of aliphatic hydroxyl groups excluding tert-OH is 8. The number of fused-ring (bicyclic) bond motifs is 2. The summed E-state index contributed by atoms with van der Waals surface area (Å²) in [5.74, 6) is -6.88. The van der Waals surface area contributed by atoms with Gasteiger partial charge >= 0.3 is 0 Å². The van der Waals surface area contributed by atoms with E-state index >= 15 is 0 Å². The normalized spacial score (nSPS) is 29.3. The third-order valence-corrected chi connectivity index (χ3v) is 14.4. The number of nitrogens with one attached hydrogen (secondary N) is 5. The maximum absolute atomic E-state index is 14.4. The van der Waals surface area contributed by atoms with Crippen molar-refractivity contribution < 1.29 is 79.5 Å². The van der Waals surface area contributed by atoms with E-state index in [-0.39, 0.29) is 43.7 Å². The highest BCUT2D eigenvalue weighted by atomic mass is 16.3. The molecule has 0 bridgehead atoms. The Morgan fingerprint density at radius 2 is 1.32 bits per heavy atom. The fourth-order valence-corrected chi connectivity index (χ4v) is 9.81. The van der Waals surface area contributed by atoms with E-state index < -0.39 is 146 Å². The predicted octanol–water partition coefficient (Wildman–Crippen LogP) is -2.87. The van der Waals surface area contributed by atoms with E-state index in [1.54, 1.807) is 0 Å². The van der Waals surface area contributed by atoms with Gasteiger partial charge in [-0.1, -0.05) is 77.8 Å². The smallest absolute Gasteiger partial charge is 0.248 e. The maximum atomic E-state index is 14.4. The third kappa shape index (κ3) is 17.2. The second-order valence-electron chi connectivity index (χ2n) is 20.5. The van der Waals surface area contributed by atoms with Crippen molar-refractivity contribution in [3.63, 3.8) is 0 Å². The number of hydrogen-bond donors (Lipinski definition) is 15. The molecule has 3 aliphatic heterocycles. The minimum atomic E-state index is -2.29. The monoisotopic (exact) mass is 1050 g/mol. The molecule has 2 unspecified atom stereocenters. The maximum Gasteiger partial charge on any atom is 0.248 e. The lowest BCUT2D eigenvalue weighted by Crippen LogP contribution is -2.64. The second-order valence-corrected chi connectivity index (χ2v) is 20.5. The zero-order chi connectivity index (χ0) is 55.0. The van der Waals surface area contributed by atoms with Crippen LogP contribution in [0.3, 0.4) is 0 Å². The van der Waals surface area contributed by atoms with Crippen molar-refractivity contribution in [3.8, 4) is 5.75 Å². The SMILES string of the molecule is CCC(C)CC(C)CCCCCCCCC(=O)N[C@H]1C[C@@H](O)[C@@H](O)NC(=O)[C@@H]2[C@@H](O)CCN2C(=O)[C@H]([C@@H](O)CCN)NC(=O)[C@H]([C@H](O)[C@@H](O)c2ccc(O)cc2)NC(=O)[C@@H]2C[C@@H](O)CN2C(=O)[C@H]([C@@H](C)O)NC1=O. The molecule has 3 aliphatic rings. The van der Waals surface area contributed by atoms with Gasteiger partial charge < -0.3 is 88.1 Å². The standard InChI is InChI=1S/C50H82N8O16/c1-5-26(2)22-27(3)12-10-8-6-7-9-11-13-37(65)52-32-24-36(64)46(70)56-48(72)41-35(63)19-21-57(41)50(74)39(34(62)18-20-51)54-47(71)40(43(67)42(66)29-14-16-30(60)17-15-29)55-45(69)33-23-31(61)25-58(33)49(73)38(28(4)59)53-44(32)68/h14-17,26-28,31-36,38-43,46,59-64,66-67,70H,5-13,18-25,51H2,1-4H3,(H,52,65)(H,53,68)(H,54,71)(H,55,69)(H,56,72)/t26?,27?,28-,31-,32+,33+,34+,35+,36-,38+,39+,40+,41+,42+,43+,46-/m1/s1. The number of rotatable bonds is 20. The van der Waals surface area contributed by atoms with Crippen LogP contribution in [0.25, 0.3) is 0 Å². The zero-order valence-corrected chi connectivity index (χ0v) is 42.9. The minimum absolute atomic E-state index is 0.0598. The van der Waals surface area contributed by atoms with Crippen molar-refractivity contribution in [3.05, 3.63) is 29.8 Å². The van der Waals surface area contributed by atoms with Gasteiger partial charge in [0.1, 0.15) is 60.3 Å². The molecule has 3 heterocycles. The van der Waals surface area contributed by atoms with E-state index in [2.05, 4.69) is 47.4 Å². The van der Waals surface area contributed by atoms with E-state index in [1.165, 1.54) is 18.6 Å². The lowest BCUT2D eigenvalue weighted by molar-refractivity contribution is -0.149. The lowest BCUT2D eigenvalue weighted by atomic mass is 9.91. The number of phenols is 1. The molecule has 0 radical (unpaired) electrons. The van der Waals surface area contributed by atoms with Crippen LogP contribution in [0.4, 0.5) is 0 Å². The fourth-order valence-electron chi connectivity index (χ4n) is 9.81. The van der Waals surface area contributed by atoms with Gasteiger partial charge in [0, 0.05) is 32.4 Å². The van der Waals surface area contributed by atoms with Crippen molar-refractivity contribution in [2.75, 3.05) is 19.6 Å². The quantitative estimate of drug-likeness (QED) is 0.0584. The van der Waals surface area contributed by atoms with Crippen molar-refractivity contribution >= 4 is 41.4 Å². The van der Waals surface area contributed by atoms with Gasteiger partial charge in [-0.15, -0.1) is 0 Å². The highest BCUT2D eigenvalue weighted by molar-refractivity contribution is 5.98. The summed E-state index contributed by atoms with van der Waals surface area (Å²) >= 11 is 0. The molecular formula is C50H82N8O16. The van der Waals surface area contributed by atoms with Gasteiger partial charge in [-0.3, -0.25) is 33.6 Å². The molecular weight excluding hydrogens is 969 g/mol. The molecule has 1 aromatic carbocycles. The Labute approximate surface area is 431 Å². The number of benzene rings is 1. The predicted molar refractivity (Wildman–Crippen MR) is 265 cm³/mol. The number of aliphatic hydroxyl groups is 8. The number of hydrogen-bond acceptors (Lipinski definition) is 17. The van der Waals surface area contributed by atoms with Gasteiger partial charge in [-0.05, 0) is 68.7 Å². The molecule has 24 nitrogen and oxygen atoms in total. The molecule has 4 rings (SSSR count). The lowest BCUT2D eigenvalue weighted by Gasteiger charge is -2.34. The number of amides is 7. The summed E-state index contributed by atoms with van der Waals surface area (Å²) in [5, 5.41) is 111. The van der Waals surface area contributed by atoms with Crippen LogP contribution in [0.15, 0.2) is 24.3 Å². The Balaban J connectivity index is 1.68. The van der Waals surface area contributed by atoms with E-state index in [0.717, 1.165) is 67.4 Å². The van der Waals surface area contributed by atoms with Crippen molar-refractivity contribution in [1.82, 2.24) is 36.4 Å². The molecule has 16 atom stereocenters. The van der Waals surface area contributed by atoms with Gasteiger partial charge in [0.15, 0.2) is 6.23 Å². The Hall–Kier alpha value is -5.05. The molecule has 0 saturated carbocycles.